The molecule has 0 aromatic carbocycles. The van der Waals surface area contributed by atoms with Gasteiger partial charge in [0.15, 0.2) is 0 Å². The highest BCUT2D eigenvalue weighted by molar-refractivity contribution is 5.84. The average molecular weight is 240 g/mol. The molecule has 0 bridgehead atoms. The first-order chi connectivity index (χ1) is 8.10. The van der Waals surface area contributed by atoms with Crippen LogP contribution < -0.4 is 11.1 Å². The minimum absolute atomic E-state index is 0.283. The number of hydrogen-bond donors (Lipinski definition) is 2. The number of carbonyl (C=O) groups excluding carboxylic acids is 1. The van der Waals surface area contributed by atoms with Gasteiger partial charge in [-0.15, -0.1) is 0 Å². The van der Waals surface area contributed by atoms with Gasteiger partial charge in [-0.25, -0.2) is 0 Å². The Morgan fingerprint density at radius 2 is 2.24 bits per heavy atom. The smallest absolute Gasteiger partial charge is 0.237 e. The zero-order valence-electron chi connectivity index (χ0n) is 10.2. The normalized spacial score (nSPS) is 19.6. The number of azide groups is 1. The zero-order valence-corrected chi connectivity index (χ0v) is 10.2. The maximum Gasteiger partial charge on any atom is 0.237 e. The molecule has 0 aliphatic carbocycles. The van der Waals surface area contributed by atoms with Gasteiger partial charge in [0.05, 0.1) is 0 Å². The quantitative estimate of drug-likeness (QED) is 0.300. The molecule has 0 atom stereocenters. The van der Waals surface area contributed by atoms with E-state index < -0.39 is 5.54 Å². The number of likely N-dealkylation sites (tertiary alicyclic amines) is 1. The van der Waals surface area contributed by atoms with Crippen LogP contribution in [0.15, 0.2) is 5.11 Å². The maximum atomic E-state index is 11.6. The van der Waals surface area contributed by atoms with Crippen LogP contribution in [-0.4, -0.2) is 49.6 Å². The summed E-state index contributed by atoms with van der Waals surface area (Å²) >= 11 is 0. The van der Waals surface area contributed by atoms with Gasteiger partial charge in [0.2, 0.25) is 5.91 Å². The van der Waals surface area contributed by atoms with Gasteiger partial charge in [0.25, 0.3) is 0 Å². The van der Waals surface area contributed by atoms with E-state index in [1.165, 1.54) is 0 Å². The molecule has 1 rings (SSSR count). The Morgan fingerprint density at radius 3 is 2.76 bits per heavy atom. The van der Waals surface area contributed by atoms with Crippen molar-refractivity contribution in [2.45, 2.75) is 24.8 Å². The predicted molar refractivity (Wildman–Crippen MR) is 65.3 cm³/mol. The fraction of sp³-hybridized carbons (Fsp3) is 0.900. The second-order valence-electron chi connectivity index (χ2n) is 4.48. The van der Waals surface area contributed by atoms with E-state index in [-0.39, 0.29) is 5.91 Å². The van der Waals surface area contributed by atoms with E-state index in [1.54, 1.807) is 0 Å². The molecule has 1 aliphatic rings. The van der Waals surface area contributed by atoms with Crippen molar-refractivity contribution in [3.05, 3.63) is 10.4 Å². The van der Waals surface area contributed by atoms with Gasteiger partial charge in [-0.3, -0.25) is 4.79 Å². The van der Waals surface area contributed by atoms with Crippen LogP contribution in [0.4, 0.5) is 0 Å². The Labute approximate surface area is 101 Å². The number of amides is 1. The third-order valence-electron chi connectivity index (χ3n) is 3.27. The summed E-state index contributed by atoms with van der Waals surface area (Å²) in [4.78, 5) is 16.4. The molecule has 0 spiro atoms. The monoisotopic (exact) mass is 240 g/mol. The van der Waals surface area contributed by atoms with E-state index >= 15 is 0 Å². The average Bonchev–Trinajstić information content (AvgIpc) is 2.31. The summed E-state index contributed by atoms with van der Waals surface area (Å²) in [6, 6.07) is 0. The first kappa shape index (κ1) is 13.8. The number of rotatable bonds is 6. The topological polar surface area (TPSA) is 107 Å². The number of nitrogens with one attached hydrogen (secondary N) is 1. The van der Waals surface area contributed by atoms with Gasteiger partial charge in [-0.1, -0.05) is 5.11 Å². The molecular weight excluding hydrogens is 220 g/mol. The summed E-state index contributed by atoms with van der Waals surface area (Å²) in [7, 11) is 2.03. The largest absolute Gasteiger partial charge is 0.368 e. The Hall–Kier alpha value is -1.30. The Morgan fingerprint density at radius 1 is 1.59 bits per heavy atom. The van der Waals surface area contributed by atoms with E-state index in [1.807, 2.05) is 7.05 Å². The van der Waals surface area contributed by atoms with Crippen LogP contribution in [0, 0.1) is 0 Å². The highest BCUT2D eigenvalue weighted by atomic mass is 16.1. The van der Waals surface area contributed by atoms with Gasteiger partial charge in [-0.05, 0) is 38.4 Å². The fourth-order valence-corrected chi connectivity index (χ4v) is 2.03. The van der Waals surface area contributed by atoms with Gasteiger partial charge in [-0.2, -0.15) is 0 Å². The Bertz CT molecular complexity index is 304. The minimum atomic E-state index is -0.580. The van der Waals surface area contributed by atoms with E-state index in [4.69, 9.17) is 11.3 Å². The first-order valence-corrected chi connectivity index (χ1v) is 5.85. The number of primary amides is 1. The Balaban J connectivity index is 2.43. The molecule has 1 heterocycles. The highest BCUT2D eigenvalue weighted by Crippen LogP contribution is 2.21. The molecule has 1 amide bonds. The number of nitrogens with zero attached hydrogens (tertiary/aromatic N) is 4. The lowest BCUT2D eigenvalue weighted by atomic mass is 9.86. The fourth-order valence-electron chi connectivity index (χ4n) is 2.03. The molecule has 7 heteroatoms. The van der Waals surface area contributed by atoms with E-state index in [2.05, 4.69) is 20.2 Å². The molecule has 3 N–H and O–H groups in total. The Kier molecular flexibility index (Phi) is 5.21. The van der Waals surface area contributed by atoms with Crippen LogP contribution in [0.3, 0.4) is 0 Å². The number of piperidine rings is 1. The molecule has 0 aromatic heterocycles. The lowest BCUT2D eigenvalue weighted by Gasteiger charge is -2.39. The van der Waals surface area contributed by atoms with Crippen molar-refractivity contribution in [1.82, 2.24) is 10.2 Å². The lowest BCUT2D eigenvalue weighted by Crippen LogP contribution is -2.60. The van der Waals surface area contributed by atoms with Gasteiger partial charge >= 0.3 is 0 Å². The van der Waals surface area contributed by atoms with Crippen molar-refractivity contribution in [2.24, 2.45) is 10.8 Å². The summed E-state index contributed by atoms with van der Waals surface area (Å²) in [5.74, 6) is -0.283. The van der Waals surface area contributed by atoms with Crippen LogP contribution in [0.5, 0.6) is 0 Å². The molecule has 7 nitrogen and oxygen atoms in total. The molecule has 0 unspecified atom stereocenters. The number of hydrogen-bond acceptors (Lipinski definition) is 4. The van der Waals surface area contributed by atoms with Crippen LogP contribution in [0.1, 0.15) is 19.3 Å². The van der Waals surface area contributed by atoms with Crippen molar-refractivity contribution < 1.29 is 4.79 Å². The van der Waals surface area contributed by atoms with Gasteiger partial charge in [0, 0.05) is 24.5 Å². The molecule has 1 saturated heterocycles. The molecule has 0 saturated carbocycles. The molecule has 1 aliphatic heterocycles. The molecular formula is C10H20N6O. The lowest BCUT2D eigenvalue weighted by molar-refractivity contribution is -0.126. The molecule has 1 fully saturated rings. The van der Waals surface area contributed by atoms with E-state index in [0.29, 0.717) is 13.1 Å². The van der Waals surface area contributed by atoms with Crippen LogP contribution in [-0.2, 0) is 4.79 Å². The van der Waals surface area contributed by atoms with E-state index in [9.17, 15) is 4.79 Å². The van der Waals surface area contributed by atoms with Crippen molar-refractivity contribution in [3.8, 4) is 0 Å². The zero-order chi connectivity index (χ0) is 12.7. The second-order valence-corrected chi connectivity index (χ2v) is 4.48. The molecule has 96 valence electrons. The summed E-state index contributed by atoms with van der Waals surface area (Å²) in [5.41, 5.74) is 13.0. The number of nitrogens with two attached hydrogens (primary N) is 1. The van der Waals surface area contributed by atoms with Crippen molar-refractivity contribution in [3.63, 3.8) is 0 Å². The van der Waals surface area contributed by atoms with E-state index in [0.717, 1.165) is 32.4 Å². The predicted octanol–water partition coefficient (Wildman–Crippen LogP) is 0.226. The third-order valence-corrected chi connectivity index (χ3v) is 3.27. The van der Waals surface area contributed by atoms with Crippen LogP contribution in [0.2, 0.25) is 0 Å². The van der Waals surface area contributed by atoms with Gasteiger partial charge < -0.3 is 16.0 Å². The maximum absolute atomic E-state index is 11.6. The molecule has 17 heavy (non-hydrogen) atoms. The van der Waals surface area contributed by atoms with Crippen molar-refractivity contribution >= 4 is 5.91 Å². The third kappa shape index (κ3) is 3.89. The summed E-state index contributed by atoms with van der Waals surface area (Å²) < 4.78 is 0. The summed E-state index contributed by atoms with van der Waals surface area (Å²) in [6.45, 7) is 2.82. The minimum Gasteiger partial charge on any atom is -0.368 e. The van der Waals surface area contributed by atoms with Gasteiger partial charge in [0.1, 0.15) is 5.54 Å². The molecule has 0 aromatic rings. The van der Waals surface area contributed by atoms with Crippen LogP contribution in [0.25, 0.3) is 10.4 Å². The van der Waals surface area contributed by atoms with Crippen LogP contribution >= 0.6 is 0 Å². The SMILES string of the molecule is CN1CCC(NCCCN=[N+]=[N-])(C(N)=O)CC1. The van der Waals surface area contributed by atoms with Crippen molar-refractivity contribution in [2.75, 3.05) is 33.2 Å². The number of carbonyl (C=O) groups is 1. The summed E-state index contributed by atoms with van der Waals surface area (Å²) in [6.07, 6.45) is 2.19. The van der Waals surface area contributed by atoms with Crippen molar-refractivity contribution in [1.29, 1.82) is 0 Å². The standard InChI is InChI=1S/C10H20N6O/c1-16-7-3-10(4-8-16,9(11)17)13-5-2-6-14-15-12/h13H,2-8H2,1H3,(H2,11,17). The summed E-state index contributed by atoms with van der Waals surface area (Å²) in [5, 5.41) is 6.68. The highest BCUT2D eigenvalue weighted by Gasteiger charge is 2.38. The second kappa shape index (κ2) is 6.44. The molecule has 0 radical (unpaired) electrons. The first-order valence-electron chi connectivity index (χ1n) is 5.85.